The average Bonchev–Trinajstić information content (AvgIpc) is 2.56. The van der Waals surface area contributed by atoms with Crippen molar-refractivity contribution in [1.29, 1.82) is 0 Å². The SMILES string of the molecule is CN1CCC(NCc2cc(F)cc(Cl)c2)C1=O. The number of carbonyl (C=O) groups excluding carboxylic acids is 1. The molecule has 1 heterocycles. The summed E-state index contributed by atoms with van der Waals surface area (Å²) in [7, 11) is 1.78. The van der Waals surface area contributed by atoms with E-state index in [1.807, 2.05) is 0 Å². The molecule has 0 bridgehead atoms. The lowest BCUT2D eigenvalue weighted by Crippen LogP contribution is -2.36. The molecule has 1 saturated heterocycles. The highest BCUT2D eigenvalue weighted by Gasteiger charge is 2.28. The molecule has 0 aromatic heterocycles. The van der Waals surface area contributed by atoms with Gasteiger partial charge in [0.05, 0.1) is 6.04 Å². The Kier molecular flexibility index (Phi) is 3.64. The lowest BCUT2D eigenvalue weighted by molar-refractivity contribution is -0.128. The minimum Gasteiger partial charge on any atom is -0.344 e. The molecule has 3 nitrogen and oxygen atoms in total. The van der Waals surface area contributed by atoms with E-state index in [1.54, 1.807) is 18.0 Å². The third kappa shape index (κ3) is 2.96. The Morgan fingerprint density at radius 2 is 2.29 bits per heavy atom. The fourth-order valence-corrected chi connectivity index (χ4v) is 2.21. The monoisotopic (exact) mass is 256 g/mol. The second kappa shape index (κ2) is 5.02. The molecule has 2 rings (SSSR count). The first kappa shape index (κ1) is 12.3. The van der Waals surface area contributed by atoms with E-state index in [4.69, 9.17) is 11.6 Å². The van der Waals surface area contributed by atoms with Crippen LogP contribution in [-0.2, 0) is 11.3 Å². The first-order valence-electron chi connectivity index (χ1n) is 5.49. The summed E-state index contributed by atoms with van der Waals surface area (Å²) in [6.07, 6.45) is 0.790. The minimum absolute atomic E-state index is 0.0903. The van der Waals surface area contributed by atoms with Crippen LogP contribution in [0.25, 0.3) is 0 Å². The Morgan fingerprint density at radius 1 is 1.53 bits per heavy atom. The number of likely N-dealkylation sites (tertiary alicyclic amines) is 1. The molecule has 17 heavy (non-hydrogen) atoms. The van der Waals surface area contributed by atoms with Crippen molar-refractivity contribution in [2.75, 3.05) is 13.6 Å². The maximum atomic E-state index is 13.1. The quantitative estimate of drug-likeness (QED) is 0.895. The van der Waals surface area contributed by atoms with Gasteiger partial charge in [-0.2, -0.15) is 0 Å². The van der Waals surface area contributed by atoms with Crippen LogP contribution >= 0.6 is 11.6 Å². The van der Waals surface area contributed by atoms with Gasteiger partial charge in [0.2, 0.25) is 5.91 Å². The van der Waals surface area contributed by atoms with Crippen molar-refractivity contribution in [2.45, 2.75) is 19.0 Å². The zero-order valence-corrected chi connectivity index (χ0v) is 10.3. The highest BCUT2D eigenvalue weighted by atomic mass is 35.5. The number of nitrogens with zero attached hydrogens (tertiary/aromatic N) is 1. The van der Waals surface area contributed by atoms with E-state index < -0.39 is 0 Å². The minimum atomic E-state index is -0.357. The molecule has 0 aliphatic carbocycles. The number of amides is 1. The number of carbonyl (C=O) groups is 1. The lowest BCUT2D eigenvalue weighted by Gasteiger charge is -2.12. The molecule has 1 aliphatic rings. The second-order valence-electron chi connectivity index (χ2n) is 4.26. The van der Waals surface area contributed by atoms with E-state index in [-0.39, 0.29) is 17.8 Å². The molecular formula is C12H14ClFN2O. The summed E-state index contributed by atoms with van der Waals surface area (Å²) in [6.45, 7) is 1.21. The van der Waals surface area contributed by atoms with Gasteiger partial charge in [-0.25, -0.2) is 4.39 Å². The smallest absolute Gasteiger partial charge is 0.239 e. The topological polar surface area (TPSA) is 32.3 Å². The number of hydrogen-bond acceptors (Lipinski definition) is 2. The van der Waals surface area contributed by atoms with Crippen LogP contribution in [0.1, 0.15) is 12.0 Å². The summed E-state index contributed by atoms with van der Waals surface area (Å²) in [5.41, 5.74) is 0.748. The van der Waals surface area contributed by atoms with Gasteiger partial charge in [0.25, 0.3) is 0 Å². The molecule has 0 saturated carbocycles. The molecule has 1 unspecified atom stereocenters. The maximum absolute atomic E-state index is 13.1. The van der Waals surface area contributed by atoms with E-state index >= 15 is 0 Å². The molecule has 1 N–H and O–H groups in total. The molecule has 5 heteroatoms. The predicted octanol–water partition coefficient (Wildman–Crippen LogP) is 1.80. The Morgan fingerprint density at radius 3 is 2.88 bits per heavy atom. The van der Waals surface area contributed by atoms with Gasteiger partial charge in [-0.05, 0) is 30.2 Å². The van der Waals surface area contributed by atoms with E-state index in [1.165, 1.54) is 12.1 Å². The fourth-order valence-electron chi connectivity index (χ4n) is 1.97. The predicted molar refractivity (Wildman–Crippen MR) is 64.3 cm³/mol. The Labute approximate surface area is 105 Å². The van der Waals surface area contributed by atoms with Gasteiger partial charge < -0.3 is 10.2 Å². The van der Waals surface area contributed by atoms with E-state index in [2.05, 4.69) is 5.32 Å². The maximum Gasteiger partial charge on any atom is 0.239 e. The van der Waals surface area contributed by atoms with Crippen LogP contribution in [0.2, 0.25) is 5.02 Å². The van der Waals surface area contributed by atoms with E-state index in [0.29, 0.717) is 11.6 Å². The first-order chi connectivity index (χ1) is 8.06. The first-order valence-corrected chi connectivity index (χ1v) is 5.87. The van der Waals surface area contributed by atoms with Gasteiger partial charge in [0.15, 0.2) is 0 Å². The van der Waals surface area contributed by atoms with E-state index in [0.717, 1.165) is 18.5 Å². The van der Waals surface area contributed by atoms with Crippen molar-refractivity contribution in [3.8, 4) is 0 Å². The Bertz CT molecular complexity index is 418. The van der Waals surface area contributed by atoms with Crippen LogP contribution in [-0.4, -0.2) is 30.4 Å². The Hall–Kier alpha value is -1.13. The molecule has 92 valence electrons. The van der Waals surface area contributed by atoms with Crippen LogP contribution in [0.4, 0.5) is 4.39 Å². The van der Waals surface area contributed by atoms with Crippen LogP contribution in [0.5, 0.6) is 0 Å². The summed E-state index contributed by atoms with van der Waals surface area (Å²) in [6, 6.07) is 4.21. The van der Waals surface area contributed by atoms with Gasteiger partial charge in [-0.1, -0.05) is 11.6 Å². The van der Waals surface area contributed by atoms with Gasteiger partial charge in [0.1, 0.15) is 5.82 Å². The number of likely N-dealkylation sites (N-methyl/N-ethyl adjacent to an activating group) is 1. The highest BCUT2D eigenvalue weighted by Crippen LogP contribution is 2.15. The van der Waals surface area contributed by atoms with Gasteiger partial charge >= 0.3 is 0 Å². The van der Waals surface area contributed by atoms with Gasteiger partial charge in [0, 0.05) is 25.2 Å². The molecular weight excluding hydrogens is 243 g/mol. The molecule has 0 radical (unpaired) electrons. The fraction of sp³-hybridized carbons (Fsp3) is 0.417. The summed E-state index contributed by atoms with van der Waals surface area (Å²) in [5.74, 6) is -0.267. The second-order valence-corrected chi connectivity index (χ2v) is 4.70. The molecule has 1 atom stereocenters. The van der Waals surface area contributed by atoms with Crippen LogP contribution in [0.3, 0.4) is 0 Å². The number of rotatable bonds is 3. The van der Waals surface area contributed by atoms with Crippen molar-refractivity contribution in [3.05, 3.63) is 34.6 Å². The third-order valence-corrected chi connectivity index (χ3v) is 3.12. The number of halogens is 2. The van der Waals surface area contributed by atoms with Gasteiger partial charge in [-0.15, -0.1) is 0 Å². The summed E-state index contributed by atoms with van der Waals surface area (Å²) in [5, 5.41) is 3.49. The summed E-state index contributed by atoms with van der Waals surface area (Å²) in [4.78, 5) is 13.3. The zero-order chi connectivity index (χ0) is 12.4. The lowest BCUT2D eigenvalue weighted by atomic mass is 10.2. The van der Waals surface area contributed by atoms with Crippen molar-refractivity contribution >= 4 is 17.5 Å². The molecule has 1 amide bonds. The average molecular weight is 257 g/mol. The van der Waals surface area contributed by atoms with E-state index in [9.17, 15) is 9.18 Å². The van der Waals surface area contributed by atoms with Crippen molar-refractivity contribution in [1.82, 2.24) is 10.2 Å². The van der Waals surface area contributed by atoms with Crippen LogP contribution < -0.4 is 5.32 Å². The van der Waals surface area contributed by atoms with Gasteiger partial charge in [-0.3, -0.25) is 4.79 Å². The van der Waals surface area contributed by atoms with Crippen molar-refractivity contribution in [3.63, 3.8) is 0 Å². The van der Waals surface area contributed by atoms with Crippen molar-refractivity contribution < 1.29 is 9.18 Å². The molecule has 1 aromatic carbocycles. The number of benzene rings is 1. The normalized spacial score (nSPS) is 20.1. The molecule has 1 fully saturated rings. The number of hydrogen-bond donors (Lipinski definition) is 1. The number of nitrogens with one attached hydrogen (secondary N) is 1. The third-order valence-electron chi connectivity index (χ3n) is 2.90. The molecule has 0 spiro atoms. The largest absolute Gasteiger partial charge is 0.344 e. The molecule has 1 aliphatic heterocycles. The zero-order valence-electron chi connectivity index (χ0n) is 9.54. The highest BCUT2D eigenvalue weighted by molar-refractivity contribution is 6.30. The summed E-state index contributed by atoms with van der Waals surface area (Å²) < 4.78 is 13.1. The van der Waals surface area contributed by atoms with Crippen molar-refractivity contribution in [2.24, 2.45) is 0 Å². The van der Waals surface area contributed by atoms with Crippen LogP contribution in [0, 0.1) is 5.82 Å². The Balaban J connectivity index is 1.96. The van der Waals surface area contributed by atoms with Crippen LogP contribution in [0.15, 0.2) is 18.2 Å². The molecule has 1 aromatic rings. The summed E-state index contributed by atoms with van der Waals surface area (Å²) >= 11 is 5.75. The standard InChI is InChI=1S/C12H14ClFN2O/c1-16-3-2-11(12(16)17)15-7-8-4-9(13)6-10(14)5-8/h4-6,11,15H,2-3,7H2,1H3.